The molecule has 1 atom stereocenters. The van der Waals surface area contributed by atoms with E-state index < -0.39 is 0 Å². The van der Waals surface area contributed by atoms with Crippen LogP contribution < -0.4 is 5.32 Å². The van der Waals surface area contributed by atoms with Gasteiger partial charge in [-0.15, -0.1) is 0 Å². The van der Waals surface area contributed by atoms with Crippen LogP contribution in [0.4, 0.5) is 0 Å². The van der Waals surface area contributed by atoms with E-state index in [2.05, 4.69) is 36.4 Å². The van der Waals surface area contributed by atoms with E-state index in [0.717, 1.165) is 29.7 Å². The van der Waals surface area contributed by atoms with Gasteiger partial charge in [-0.25, -0.2) is 4.98 Å². The van der Waals surface area contributed by atoms with E-state index in [-0.39, 0.29) is 6.04 Å². The molecule has 1 aliphatic heterocycles. The summed E-state index contributed by atoms with van der Waals surface area (Å²) in [7, 11) is 0. The average molecular weight is 295 g/mol. The molecule has 0 saturated carbocycles. The third kappa shape index (κ3) is 2.10. The molecule has 0 spiro atoms. The van der Waals surface area contributed by atoms with Crippen LogP contribution in [-0.2, 0) is 0 Å². The molecular formula is C11H11BrN4O. The lowest BCUT2D eigenvalue weighted by molar-refractivity contribution is 0.411. The zero-order valence-electron chi connectivity index (χ0n) is 9.06. The van der Waals surface area contributed by atoms with Crippen LogP contribution in [0.1, 0.15) is 24.7 Å². The minimum Gasteiger partial charge on any atom is -0.332 e. The average Bonchev–Trinajstić information content (AvgIpc) is 3.00. The zero-order chi connectivity index (χ0) is 11.7. The predicted molar refractivity (Wildman–Crippen MR) is 65.2 cm³/mol. The molecule has 6 heteroatoms. The first kappa shape index (κ1) is 10.9. The molecule has 1 N–H and O–H groups in total. The summed E-state index contributed by atoms with van der Waals surface area (Å²) in [5.74, 6) is 1.18. The molecular weight excluding hydrogens is 284 g/mol. The normalized spacial score (nSPS) is 19.7. The highest BCUT2D eigenvalue weighted by molar-refractivity contribution is 9.10. The lowest BCUT2D eigenvalue weighted by Gasteiger charge is -2.01. The number of nitrogens with zero attached hydrogens (tertiary/aromatic N) is 3. The highest BCUT2D eigenvalue weighted by Crippen LogP contribution is 2.26. The van der Waals surface area contributed by atoms with Crippen molar-refractivity contribution >= 4 is 15.9 Å². The molecule has 0 amide bonds. The molecule has 0 aromatic carbocycles. The summed E-state index contributed by atoms with van der Waals surface area (Å²) in [5.41, 5.74) is 0.684. The van der Waals surface area contributed by atoms with Crippen molar-refractivity contribution in [1.29, 1.82) is 0 Å². The maximum absolute atomic E-state index is 5.25. The van der Waals surface area contributed by atoms with Crippen molar-refractivity contribution in [3.05, 3.63) is 28.6 Å². The van der Waals surface area contributed by atoms with Crippen LogP contribution in [0.15, 0.2) is 27.3 Å². The van der Waals surface area contributed by atoms with Crippen molar-refractivity contribution in [1.82, 2.24) is 20.4 Å². The Balaban J connectivity index is 1.92. The first-order valence-electron chi connectivity index (χ1n) is 5.52. The molecule has 0 aliphatic carbocycles. The van der Waals surface area contributed by atoms with Crippen LogP contribution in [0.5, 0.6) is 0 Å². The van der Waals surface area contributed by atoms with Gasteiger partial charge in [0.15, 0.2) is 5.82 Å². The molecule has 3 rings (SSSR count). The summed E-state index contributed by atoms with van der Waals surface area (Å²) in [6, 6.07) is 3.97. The number of pyridine rings is 1. The standard InChI is InChI=1S/C11H11BrN4O/c12-7-3-1-6-14-9(7)11-15-10(16-17-11)8-4-2-5-13-8/h1,3,6,8,13H,2,4-5H2. The van der Waals surface area contributed by atoms with Gasteiger partial charge < -0.3 is 9.84 Å². The van der Waals surface area contributed by atoms with Crippen LogP contribution in [-0.4, -0.2) is 21.7 Å². The quantitative estimate of drug-likeness (QED) is 0.921. The highest BCUT2D eigenvalue weighted by atomic mass is 79.9. The van der Waals surface area contributed by atoms with Crippen LogP contribution >= 0.6 is 15.9 Å². The Kier molecular flexibility index (Phi) is 2.90. The van der Waals surface area contributed by atoms with Gasteiger partial charge in [-0.1, -0.05) is 5.16 Å². The first-order chi connectivity index (χ1) is 8.34. The SMILES string of the molecule is Brc1cccnc1-c1nc(C2CCCN2)no1. The molecule has 5 nitrogen and oxygen atoms in total. The fraction of sp³-hybridized carbons (Fsp3) is 0.364. The Morgan fingerprint density at radius 1 is 1.47 bits per heavy atom. The van der Waals surface area contributed by atoms with Crippen molar-refractivity contribution in [3.63, 3.8) is 0 Å². The summed E-state index contributed by atoms with van der Waals surface area (Å²) in [4.78, 5) is 8.62. The Bertz CT molecular complexity index is 522. The first-order valence-corrected chi connectivity index (χ1v) is 6.32. The number of halogens is 1. The van der Waals surface area contributed by atoms with Crippen molar-refractivity contribution in [2.24, 2.45) is 0 Å². The Morgan fingerprint density at radius 3 is 3.18 bits per heavy atom. The van der Waals surface area contributed by atoms with Crippen LogP contribution in [0.3, 0.4) is 0 Å². The summed E-state index contributed by atoms with van der Waals surface area (Å²) >= 11 is 3.42. The molecule has 1 aliphatic rings. The highest BCUT2D eigenvalue weighted by Gasteiger charge is 2.22. The molecule has 2 aromatic heterocycles. The molecule has 0 bridgehead atoms. The number of hydrogen-bond acceptors (Lipinski definition) is 5. The maximum atomic E-state index is 5.25. The third-order valence-electron chi connectivity index (χ3n) is 2.77. The van der Waals surface area contributed by atoms with E-state index in [4.69, 9.17) is 4.52 Å². The molecule has 1 saturated heterocycles. The number of hydrogen-bond donors (Lipinski definition) is 1. The van der Waals surface area contributed by atoms with Crippen LogP contribution in [0.2, 0.25) is 0 Å². The van der Waals surface area contributed by atoms with Gasteiger partial charge in [0.25, 0.3) is 5.89 Å². The van der Waals surface area contributed by atoms with Gasteiger partial charge in [-0.2, -0.15) is 4.98 Å². The van der Waals surface area contributed by atoms with E-state index in [0.29, 0.717) is 11.6 Å². The minimum absolute atomic E-state index is 0.218. The van der Waals surface area contributed by atoms with Crippen LogP contribution in [0.25, 0.3) is 11.6 Å². The summed E-state index contributed by atoms with van der Waals surface area (Å²) < 4.78 is 6.11. The fourth-order valence-corrected chi connectivity index (χ4v) is 2.35. The van der Waals surface area contributed by atoms with Gasteiger partial charge in [-0.05, 0) is 47.4 Å². The van der Waals surface area contributed by atoms with Crippen molar-refractivity contribution in [2.75, 3.05) is 6.54 Å². The van der Waals surface area contributed by atoms with Crippen molar-refractivity contribution in [2.45, 2.75) is 18.9 Å². The van der Waals surface area contributed by atoms with E-state index in [9.17, 15) is 0 Å². The number of rotatable bonds is 2. The summed E-state index contributed by atoms with van der Waals surface area (Å²) in [6.45, 7) is 1.02. The lowest BCUT2D eigenvalue weighted by Crippen LogP contribution is -2.14. The summed E-state index contributed by atoms with van der Waals surface area (Å²) in [5, 5.41) is 7.34. The van der Waals surface area contributed by atoms with Gasteiger partial charge in [0.1, 0.15) is 5.69 Å². The molecule has 88 valence electrons. The van der Waals surface area contributed by atoms with Gasteiger partial charge >= 0.3 is 0 Å². The smallest absolute Gasteiger partial charge is 0.277 e. The van der Waals surface area contributed by atoms with Gasteiger partial charge in [0.05, 0.1) is 6.04 Å². The second kappa shape index (κ2) is 4.54. The molecule has 2 aromatic rings. The Morgan fingerprint density at radius 2 is 2.41 bits per heavy atom. The lowest BCUT2D eigenvalue weighted by atomic mass is 10.2. The van der Waals surface area contributed by atoms with E-state index in [1.807, 2.05) is 12.1 Å². The van der Waals surface area contributed by atoms with Gasteiger partial charge in [0.2, 0.25) is 0 Å². The second-order valence-corrected chi connectivity index (χ2v) is 4.79. The zero-order valence-corrected chi connectivity index (χ0v) is 10.6. The van der Waals surface area contributed by atoms with E-state index in [1.165, 1.54) is 0 Å². The summed E-state index contributed by atoms with van der Waals surface area (Å²) in [6.07, 6.45) is 3.92. The van der Waals surface area contributed by atoms with Crippen molar-refractivity contribution in [3.8, 4) is 11.6 Å². The maximum Gasteiger partial charge on any atom is 0.277 e. The number of nitrogens with one attached hydrogen (secondary N) is 1. The molecule has 1 unspecified atom stereocenters. The van der Waals surface area contributed by atoms with E-state index in [1.54, 1.807) is 6.20 Å². The molecule has 1 fully saturated rings. The fourth-order valence-electron chi connectivity index (χ4n) is 1.92. The van der Waals surface area contributed by atoms with Gasteiger partial charge in [-0.3, -0.25) is 0 Å². The van der Waals surface area contributed by atoms with Gasteiger partial charge in [0, 0.05) is 10.7 Å². The van der Waals surface area contributed by atoms with E-state index >= 15 is 0 Å². The Hall–Kier alpha value is -1.27. The largest absolute Gasteiger partial charge is 0.332 e. The topological polar surface area (TPSA) is 63.8 Å². The monoisotopic (exact) mass is 294 g/mol. The third-order valence-corrected chi connectivity index (χ3v) is 3.41. The molecule has 17 heavy (non-hydrogen) atoms. The Labute approximate surface area is 107 Å². The second-order valence-electron chi connectivity index (χ2n) is 3.94. The predicted octanol–water partition coefficient (Wildman–Crippen LogP) is 2.32. The van der Waals surface area contributed by atoms with Crippen molar-refractivity contribution < 1.29 is 4.52 Å². The minimum atomic E-state index is 0.218. The van der Waals surface area contributed by atoms with Crippen LogP contribution in [0, 0.1) is 0 Å². The molecule has 3 heterocycles. The number of aromatic nitrogens is 3. The molecule has 0 radical (unpaired) electrons.